The van der Waals surface area contributed by atoms with E-state index >= 15 is 0 Å². The van der Waals surface area contributed by atoms with Crippen molar-refractivity contribution in [3.05, 3.63) is 47.3 Å². The molecule has 1 aromatic heterocycles. The van der Waals surface area contributed by atoms with Gasteiger partial charge >= 0.3 is 6.18 Å². The highest BCUT2D eigenvalue weighted by atomic mass is 19.4. The summed E-state index contributed by atoms with van der Waals surface area (Å²) in [5, 5.41) is 14.5. The predicted octanol–water partition coefficient (Wildman–Crippen LogP) is 2.92. The molecule has 1 N–H and O–H groups in total. The number of hydrogen-bond acceptors (Lipinski definition) is 3. The quantitative estimate of drug-likeness (QED) is 0.941. The van der Waals surface area contributed by atoms with Gasteiger partial charge in [-0.15, -0.1) is 0 Å². The Morgan fingerprint density at radius 3 is 2.52 bits per heavy atom. The first-order chi connectivity index (χ1) is 10.8. The minimum absolute atomic E-state index is 0.247. The Morgan fingerprint density at radius 2 is 2.00 bits per heavy atom. The molecule has 1 amide bonds. The standard InChI is InChI=1S/C15H13F3N4O/c1-10-8-13(15(16,17)18)21-22(10)9-14(23)20-12-4-2-11(3-5-12)6-7-19/h2-5,8H,6,9H2,1H3,(H,20,23). The van der Waals surface area contributed by atoms with E-state index in [1.54, 1.807) is 24.3 Å². The second kappa shape index (κ2) is 6.52. The number of nitrogens with zero attached hydrogens (tertiary/aromatic N) is 3. The van der Waals surface area contributed by atoms with Crippen molar-refractivity contribution in [3.8, 4) is 6.07 Å². The maximum absolute atomic E-state index is 12.6. The first-order valence-corrected chi connectivity index (χ1v) is 6.67. The third-order valence-electron chi connectivity index (χ3n) is 3.09. The first-order valence-electron chi connectivity index (χ1n) is 6.67. The van der Waals surface area contributed by atoms with Gasteiger partial charge in [0.15, 0.2) is 5.69 Å². The van der Waals surface area contributed by atoms with Crippen molar-refractivity contribution in [1.82, 2.24) is 9.78 Å². The van der Waals surface area contributed by atoms with Crippen molar-refractivity contribution in [2.45, 2.75) is 26.1 Å². The molecule has 2 aromatic rings. The molecule has 2 rings (SSSR count). The van der Waals surface area contributed by atoms with Crippen LogP contribution >= 0.6 is 0 Å². The van der Waals surface area contributed by atoms with Gasteiger partial charge in [-0.3, -0.25) is 9.48 Å². The molecule has 0 unspecified atom stereocenters. The normalized spacial score (nSPS) is 11.1. The molecule has 5 nitrogen and oxygen atoms in total. The van der Waals surface area contributed by atoms with E-state index in [1.807, 2.05) is 6.07 Å². The van der Waals surface area contributed by atoms with Crippen molar-refractivity contribution >= 4 is 11.6 Å². The van der Waals surface area contributed by atoms with Crippen LogP contribution in [0, 0.1) is 18.3 Å². The lowest BCUT2D eigenvalue weighted by Gasteiger charge is -2.07. The van der Waals surface area contributed by atoms with E-state index in [4.69, 9.17) is 5.26 Å². The largest absolute Gasteiger partial charge is 0.435 e. The predicted molar refractivity (Wildman–Crippen MR) is 76.4 cm³/mol. The van der Waals surface area contributed by atoms with Crippen LogP contribution in [-0.4, -0.2) is 15.7 Å². The van der Waals surface area contributed by atoms with Crippen molar-refractivity contribution in [2.75, 3.05) is 5.32 Å². The molecule has 120 valence electrons. The van der Waals surface area contributed by atoms with Gasteiger partial charge in [-0.1, -0.05) is 12.1 Å². The van der Waals surface area contributed by atoms with Gasteiger partial charge in [0.25, 0.3) is 0 Å². The monoisotopic (exact) mass is 322 g/mol. The number of halogens is 3. The van der Waals surface area contributed by atoms with Crippen molar-refractivity contribution in [1.29, 1.82) is 5.26 Å². The van der Waals surface area contributed by atoms with Gasteiger partial charge < -0.3 is 5.32 Å². The summed E-state index contributed by atoms with van der Waals surface area (Å²) in [6.45, 7) is 1.13. The first kappa shape index (κ1) is 16.5. The molecule has 0 atom stereocenters. The molecule has 23 heavy (non-hydrogen) atoms. The van der Waals surface area contributed by atoms with Crippen LogP contribution < -0.4 is 5.32 Å². The Labute approximate surface area is 130 Å². The summed E-state index contributed by atoms with van der Waals surface area (Å²) in [6.07, 6.45) is -4.27. The lowest BCUT2D eigenvalue weighted by molar-refractivity contribution is -0.141. The number of benzene rings is 1. The number of anilines is 1. The van der Waals surface area contributed by atoms with Crippen LogP contribution in [-0.2, 0) is 23.9 Å². The van der Waals surface area contributed by atoms with Gasteiger partial charge in [0.2, 0.25) is 5.91 Å². The lowest BCUT2D eigenvalue weighted by atomic mass is 10.1. The molecule has 8 heteroatoms. The number of aromatic nitrogens is 2. The van der Waals surface area contributed by atoms with Crippen molar-refractivity contribution < 1.29 is 18.0 Å². The van der Waals surface area contributed by atoms with Crippen LogP contribution in [0.15, 0.2) is 30.3 Å². The Balaban J connectivity index is 2.02. The molecule has 0 saturated heterocycles. The van der Waals surface area contributed by atoms with Gasteiger partial charge in [0.05, 0.1) is 12.5 Å². The molecule has 0 aliphatic heterocycles. The SMILES string of the molecule is Cc1cc(C(F)(F)F)nn1CC(=O)Nc1ccc(CC#N)cc1. The average Bonchev–Trinajstić information content (AvgIpc) is 2.83. The Morgan fingerprint density at radius 1 is 1.35 bits per heavy atom. The number of carbonyl (C=O) groups excluding carboxylic acids is 1. The van der Waals surface area contributed by atoms with Crippen molar-refractivity contribution in [2.24, 2.45) is 0 Å². The molecule has 0 bridgehead atoms. The van der Waals surface area contributed by atoms with E-state index in [-0.39, 0.29) is 18.7 Å². The average molecular weight is 322 g/mol. The van der Waals surface area contributed by atoms with E-state index in [0.29, 0.717) is 5.69 Å². The second-order valence-electron chi connectivity index (χ2n) is 4.91. The van der Waals surface area contributed by atoms with Crippen LogP contribution in [0.5, 0.6) is 0 Å². The van der Waals surface area contributed by atoms with Gasteiger partial charge in [-0.05, 0) is 30.7 Å². The fourth-order valence-corrected chi connectivity index (χ4v) is 1.94. The van der Waals surface area contributed by atoms with Crippen LogP contribution in [0.2, 0.25) is 0 Å². The number of nitrogens with one attached hydrogen (secondary N) is 1. The molecule has 0 fully saturated rings. The molecule has 1 aromatic carbocycles. The summed E-state index contributed by atoms with van der Waals surface area (Å²) in [5.41, 5.74) is 0.529. The molecule has 0 spiro atoms. The minimum Gasteiger partial charge on any atom is -0.324 e. The summed E-state index contributed by atoms with van der Waals surface area (Å²) in [6, 6.07) is 9.54. The number of carbonyl (C=O) groups is 1. The number of rotatable bonds is 4. The number of aryl methyl sites for hydroxylation is 1. The smallest absolute Gasteiger partial charge is 0.324 e. The van der Waals surface area contributed by atoms with E-state index < -0.39 is 17.8 Å². The fourth-order valence-electron chi connectivity index (χ4n) is 1.94. The van der Waals surface area contributed by atoms with Crippen molar-refractivity contribution in [3.63, 3.8) is 0 Å². The number of alkyl halides is 3. The highest BCUT2D eigenvalue weighted by molar-refractivity contribution is 5.90. The zero-order valence-corrected chi connectivity index (χ0v) is 12.2. The highest BCUT2D eigenvalue weighted by Crippen LogP contribution is 2.28. The Bertz CT molecular complexity index is 742. The minimum atomic E-state index is -4.54. The topological polar surface area (TPSA) is 70.7 Å². The maximum atomic E-state index is 12.6. The Kier molecular flexibility index (Phi) is 4.69. The van der Waals surface area contributed by atoms with E-state index in [9.17, 15) is 18.0 Å². The summed E-state index contributed by atoms with van der Waals surface area (Å²) in [5.74, 6) is -0.488. The summed E-state index contributed by atoms with van der Waals surface area (Å²) >= 11 is 0. The lowest BCUT2D eigenvalue weighted by Crippen LogP contribution is -2.20. The molecular formula is C15H13F3N4O. The molecular weight excluding hydrogens is 309 g/mol. The van der Waals surface area contributed by atoms with Gasteiger partial charge in [0, 0.05) is 11.4 Å². The number of amides is 1. The zero-order chi connectivity index (χ0) is 17.0. The van der Waals surface area contributed by atoms with Gasteiger partial charge in [0.1, 0.15) is 6.54 Å². The fraction of sp³-hybridized carbons (Fsp3) is 0.267. The molecule has 0 aliphatic carbocycles. The van der Waals surface area contributed by atoms with E-state index in [1.165, 1.54) is 6.92 Å². The molecule has 0 aliphatic rings. The number of hydrogen-bond donors (Lipinski definition) is 1. The van der Waals surface area contributed by atoms with Crippen LogP contribution in [0.1, 0.15) is 17.0 Å². The third kappa shape index (κ3) is 4.32. The molecule has 1 heterocycles. The molecule has 0 saturated carbocycles. The Hall–Kier alpha value is -2.82. The number of nitriles is 1. The van der Waals surface area contributed by atoms with E-state index in [2.05, 4.69) is 10.4 Å². The summed E-state index contributed by atoms with van der Waals surface area (Å²) < 4.78 is 38.7. The second-order valence-corrected chi connectivity index (χ2v) is 4.91. The third-order valence-corrected chi connectivity index (χ3v) is 3.09. The van der Waals surface area contributed by atoms with E-state index in [0.717, 1.165) is 16.3 Å². The summed E-state index contributed by atoms with van der Waals surface area (Å²) in [4.78, 5) is 11.9. The van der Waals surface area contributed by atoms with Gasteiger partial charge in [-0.25, -0.2) is 0 Å². The van der Waals surface area contributed by atoms with Gasteiger partial charge in [-0.2, -0.15) is 23.5 Å². The molecule has 0 radical (unpaired) electrons. The van der Waals surface area contributed by atoms with Crippen LogP contribution in [0.25, 0.3) is 0 Å². The van der Waals surface area contributed by atoms with Crippen LogP contribution in [0.3, 0.4) is 0 Å². The highest BCUT2D eigenvalue weighted by Gasteiger charge is 2.34. The summed E-state index contributed by atoms with van der Waals surface area (Å²) in [7, 11) is 0. The maximum Gasteiger partial charge on any atom is 0.435 e. The zero-order valence-electron chi connectivity index (χ0n) is 12.2. The van der Waals surface area contributed by atoms with Crippen LogP contribution in [0.4, 0.5) is 18.9 Å².